The van der Waals surface area contributed by atoms with Gasteiger partial charge in [-0.25, -0.2) is 0 Å². The van der Waals surface area contributed by atoms with Gasteiger partial charge in [0, 0.05) is 12.0 Å². The lowest BCUT2D eigenvalue weighted by Gasteiger charge is -2.18. The summed E-state index contributed by atoms with van der Waals surface area (Å²) in [7, 11) is 0. The second-order valence-electron chi connectivity index (χ2n) is 4.24. The molecule has 0 saturated carbocycles. The van der Waals surface area contributed by atoms with Crippen LogP contribution in [0.2, 0.25) is 5.02 Å². The van der Waals surface area contributed by atoms with E-state index in [9.17, 15) is 0 Å². The molecule has 0 amide bonds. The zero-order chi connectivity index (χ0) is 13.1. The average Bonchev–Trinajstić information content (AvgIpc) is 2.46. The minimum Gasteiger partial charge on any atom is -0.492 e. The fraction of sp³-hybridized carbons (Fsp3) is 0.133. The van der Waals surface area contributed by atoms with Gasteiger partial charge < -0.3 is 4.74 Å². The van der Waals surface area contributed by atoms with E-state index in [0.29, 0.717) is 11.6 Å². The van der Waals surface area contributed by atoms with E-state index >= 15 is 0 Å². The average molecular weight is 273 g/mol. The molecule has 0 bridgehead atoms. The number of hydrazone groups is 1. The molecule has 1 aliphatic heterocycles. The zero-order valence-electron chi connectivity index (χ0n) is 10.3. The van der Waals surface area contributed by atoms with Gasteiger partial charge in [-0.3, -0.25) is 5.43 Å². The van der Waals surface area contributed by atoms with Crippen LogP contribution in [0.25, 0.3) is 0 Å². The standard InChI is InChI=1S/C15H13ClN2O/c16-12-6-2-3-7-14(12)18-17-13-9-10-19-15-8-4-1-5-11(13)15/h1-8,18H,9-10H2. The summed E-state index contributed by atoms with van der Waals surface area (Å²) in [6, 6.07) is 15.5. The molecule has 19 heavy (non-hydrogen) atoms. The number of halogens is 1. The lowest BCUT2D eigenvalue weighted by atomic mass is 10.0. The molecule has 2 aromatic rings. The van der Waals surface area contributed by atoms with Gasteiger partial charge in [-0.1, -0.05) is 35.9 Å². The maximum absolute atomic E-state index is 6.09. The minimum atomic E-state index is 0.653. The van der Waals surface area contributed by atoms with Crippen LogP contribution in [0.4, 0.5) is 5.69 Å². The van der Waals surface area contributed by atoms with Crippen LogP contribution < -0.4 is 10.2 Å². The Morgan fingerprint density at radius 3 is 2.74 bits per heavy atom. The Morgan fingerprint density at radius 1 is 1.05 bits per heavy atom. The summed E-state index contributed by atoms with van der Waals surface area (Å²) in [6.45, 7) is 0.653. The molecule has 0 unspecified atom stereocenters. The summed E-state index contributed by atoms with van der Waals surface area (Å²) in [4.78, 5) is 0. The van der Waals surface area contributed by atoms with E-state index in [1.807, 2.05) is 48.5 Å². The quantitative estimate of drug-likeness (QED) is 0.840. The van der Waals surface area contributed by atoms with E-state index in [2.05, 4.69) is 10.5 Å². The first-order valence-corrected chi connectivity index (χ1v) is 6.52. The van der Waals surface area contributed by atoms with Gasteiger partial charge in [-0.15, -0.1) is 0 Å². The Bertz CT molecular complexity index is 625. The first kappa shape index (κ1) is 12.1. The van der Waals surface area contributed by atoms with Crippen molar-refractivity contribution in [1.82, 2.24) is 0 Å². The Labute approximate surface area is 116 Å². The third kappa shape index (κ3) is 2.56. The molecule has 1 heterocycles. The highest BCUT2D eigenvalue weighted by atomic mass is 35.5. The molecule has 1 N–H and O–H groups in total. The third-order valence-corrected chi connectivity index (χ3v) is 3.31. The van der Waals surface area contributed by atoms with E-state index < -0.39 is 0 Å². The number of anilines is 1. The fourth-order valence-corrected chi connectivity index (χ4v) is 2.20. The maximum atomic E-state index is 6.09. The highest BCUT2D eigenvalue weighted by Crippen LogP contribution is 2.25. The molecule has 2 aromatic carbocycles. The highest BCUT2D eigenvalue weighted by molar-refractivity contribution is 6.33. The van der Waals surface area contributed by atoms with Gasteiger partial charge in [-0.05, 0) is 24.3 Å². The van der Waals surface area contributed by atoms with Crippen molar-refractivity contribution in [3.8, 4) is 5.75 Å². The molecule has 96 valence electrons. The summed E-state index contributed by atoms with van der Waals surface area (Å²) >= 11 is 6.09. The molecule has 1 aliphatic rings. The molecule has 0 atom stereocenters. The molecule has 0 fully saturated rings. The molecule has 0 aliphatic carbocycles. The number of fused-ring (bicyclic) bond motifs is 1. The molecule has 3 nitrogen and oxygen atoms in total. The van der Waals surface area contributed by atoms with Crippen molar-refractivity contribution in [3.05, 3.63) is 59.1 Å². The lowest BCUT2D eigenvalue weighted by Crippen LogP contribution is -2.17. The number of para-hydroxylation sites is 2. The number of benzene rings is 2. The van der Waals surface area contributed by atoms with Gasteiger partial charge in [0.15, 0.2) is 0 Å². The number of hydrogen-bond donors (Lipinski definition) is 1. The predicted octanol–water partition coefficient (Wildman–Crippen LogP) is 3.94. The van der Waals surface area contributed by atoms with Gasteiger partial charge in [0.1, 0.15) is 5.75 Å². The molecule has 3 rings (SSSR count). The second-order valence-corrected chi connectivity index (χ2v) is 4.65. The minimum absolute atomic E-state index is 0.653. The Morgan fingerprint density at radius 2 is 1.84 bits per heavy atom. The van der Waals surface area contributed by atoms with Crippen LogP contribution in [0.3, 0.4) is 0 Å². The second kappa shape index (κ2) is 5.33. The summed E-state index contributed by atoms with van der Waals surface area (Å²) in [5.74, 6) is 0.883. The first-order chi connectivity index (χ1) is 9.34. The fourth-order valence-electron chi connectivity index (χ4n) is 2.02. The van der Waals surface area contributed by atoms with Crippen molar-refractivity contribution < 1.29 is 4.74 Å². The lowest BCUT2D eigenvalue weighted by molar-refractivity contribution is 0.320. The molecule has 0 aromatic heterocycles. The van der Waals surface area contributed by atoms with Crippen LogP contribution in [-0.4, -0.2) is 12.3 Å². The Hall–Kier alpha value is -2.00. The summed E-state index contributed by atoms with van der Waals surface area (Å²) in [6.07, 6.45) is 0.786. The number of nitrogens with one attached hydrogen (secondary N) is 1. The van der Waals surface area contributed by atoms with Crippen LogP contribution >= 0.6 is 11.6 Å². The molecule has 0 spiro atoms. The third-order valence-electron chi connectivity index (χ3n) is 2.98. The molecule has 4 heteroatoms. The van der Waals surface area contributed by atoms with Crippen LogP contribution in [-0.2, 0) is 0 Å². The Kier molecular flexibility index (Phi) is 3.38. The molecular weight excluding hydrogens is 260 g/mol. The van der Waals surface area contributed by atoms with E-state index in [1.54, 1.807) is 0 Å². The molecule has 0 saturated heterocycles. The van der Waals surface area contributed by atoms with Gasteiger partial charge >= 0.3 is 0 Å². The van der Waals surface area contributed by atoms with Crippen LogP contribution in [0, 0.1) is 0 Å². The zero-order valence-corrected chi connectivity index (χ0v) is 11.0. The smallest absolute Gasteiger partial charge is 0.128 e. The Balaban J connectivity index is 1.88. The van der Waals surface area contributed by atoms with Crippen molar-refractivity contribution in [3.63, 3.8) is 0 Å². The first-order valence-electron chi connectivity index (χ1n) is 6.14. The van der Waals surface area contributed by atoms with E-state index in [0.717, 1.165) is 29.1 Å². The van der Waals surface area contributed by atoms with Crippen molar-refractivity contribution in [2.24, 2.45) is 5.10 Å². The highest BCUT2D eigenvalue weighted by Gasteiger charge is 2.15. The van der Waals surface area contributed by atoms with E-state index in [1.165, 1.54) is 0 Å². The monoisotopic (exact) mass is 272 g/mol. The van der Waals surface area contributed by atoms with Gasteiger partial charge in [-0.2, -0.15) is 5.10 Å². The number of ether oxygens (including phenoxy) is 1. The van der Waals surface area contributed by atoms with Crippen molar-refractivity contribution in [2.45, 2.75) is 6.42 Å². The van der Waals surface area contributed by atoms with Gasteiger partial charge in [0.25, 0.3) is 0 Å². The molecular formula is C15H13ClN2O. The summed E-state index contributed by atoms with van der Waals surface area (Å²) < 4.78 is 5.59. The normalized spacial score (nSPS) is 15.7. The number of rotatable bonds is 2. The largest absolute Gasteiger partial charge is 0.492 e. The topological polar surface area (TPSA) is 33.6 Å². The summed E-state index contributed by atoms with van der Waals surface area (Å²) in [5, 5.41) is 5.12. The SMILES string of the molecule is Clc1ccccc1NN=C1CCOc2ccccc21. The van der Waals surface area contributed by atoms with Crippen LogP contribution in [0.15, 0.2) is 53.6 Å². The number of hydrogen-bond acceptors (Lipinski definition) is 3. The predicted molar refractivity (Wildman–Crippen MR) is 78.2 cm³/mol. The van der Waals surface area contributed by atoms with Crippen molar-refractivity contribution in [2.75, 3.05) is 12.0 Å². The van der Waals surface area contributed by atoms with E-state index in [4.69, 9.17) is 16.3 Å². The maximum Gasteiger partial charge on any atom is 0.128 e. The summed E-state index contributed by atoms with van der Waals surface area (Å²) in [5.41, 5.74) is 5.85. The van der Waals surface area contributed by atoms with Crippen molar-refractivity contribution >= 4 is 23.0 Å². The van der Waals surface area contributed by atoms with Crippen LogP contribution in [0.5, 0.6) is 5.75 Å². The van der Waals surface area contributed by atoms with Gasteiger partial charge in [0.2, 0.25) is 0 Å². The number of nitrogens with zero attached hydrogens (tertiary/aromatic N) is 1. The van der Waals surface area contributed by atoms with Crippen LogP contribution in [0.1, 0.15) is 12.0 Å². The van der Waals surface area contributed by atoms with Gasteiger partial charge in [0.05, 0.1) is 23.0 Å². The van der Waals surface area contributed by atoms with Crippen molar-refractivity contribution in [1.29, 1.82) is 0 Å². The van der Waals surface area contributed by atoms with E-state index in [-0.39, 0.29) is 0 Å². The molecule has 0 radical (unpaired) electrons.